The zero-order valence-electron chi connectivity index (χ0n) is 20.4. The van der Waals surface area contributed by atoms with Crippen LogP contribution in [0.25, 0.3) is 0 Å². The molecule has 3 amide bonds. The van der Waals surface area contributed by atoms with E-state index in [0.29, 0.717) is 22.3 Å². The Balaban J connectivity index is 1.50. The van der Waals surface area contributed by atoms with Crippen LogP contribution >= 0.6 is 22.7 Å². The van der Waals surface area contributed by atoms with Gasteiger partial charge in [-0.1, -0.05) is 30.3 Å². The van der Waals surface area contributed by atoms with Crippen LogP contribution in [-0.4, -0.2) is 51.8 Å². The highest BCUT2D eigenvalue weighted by Gasteiger charge is 2.38. The fraction of sp³-hybridized carbons (Fsp3) is 0.360. The number of nitrogens with zero attached hydrogens (tertiary/aromatic N) is 3. The molecule has 192 valence electrons. The zero-order chi connectivity index (χ0) is 26.1. The second-order valence-corrected chi connectivity index (χ2v) is 10.8. The molecule has 5 atom stereocenters. The smallest absolute Gasteiger partial charge is 0.271 e. The topological polar surface area (TPSA) is 135 Å². The van der Waals surface area contributed by atoms with Crippen LogP contribution in [0.2, 0.25) is 0 Å². The van der Waals surface area contributed by atoms with Gasteiger partial charge < -0.3 is 20.7 Å². The number of fused-ring (bicyclic) bond motifs is 5. The van der Waals surface area contributed by atoms with E-state index < -0.39 is 36.2 Å². The average Bonchev–Trinajstić information content (AvgIpc) is 3.63. The molecule has 3 N–H and O–H groups in total. The largest absolute Gasteiger partial charge is 0.474 e. The number of amides is 3. The van der Waals surface area contributed by atoms with Gasteiger partial charge in [-0.05, 0) is 26.3 Å². The summed E-state index contributed by atoms with van der Waals surface area (Å²) >= 11 is 2.58. The Labute approximate surface area is 221 Å². The molecule has 0 spiro atoms. The van der Waals surface area contributed by atoms with E-state index in [1.165, 1.54) is 22.7 Å². The summed E-state index contributed by atoms with van der Waals surface area (Å²) in [6.45, 7) is 5.38. The summed E-state index contributed by atoms with van der Waals surface area (Å²) < 4.78 is 6.01. The second kappa shape index (κ2) is 10.4. The maximum atomic E-state index is 13.2. The van der Waals surface area contributed by atoms with Crippen LogP contribution in [0.15, 0.2) is 46.1 Å². The van der Waals surface area contributed by atoms with Crippen LogP contribution in [0.4, 0.5) is 0 Å². The summed E-state index contributed by atoms with van der Waals surface area (Å²) in [5, 5.41) is 13.3. The van der Waals surface area contributed by atoms with Crippen LogP contribution in [0.3, 0.4) is 0 Å². The molecule has 5 rings (SSSR count). The number of carbonyl (C=O) groups is 3. The van der Waals surface area contributed by atoms with Crippen molar-refractivity contribution >= 4 is 46.3 Å². The Hall–Kier alpha value is -3.64. The molecule has 6 bridgehead atoms. The Morgan fingerprint density at radius 3 is 2.08 bits per heavy atom. The van der Waals surface area contributed by atoms with Crippen LogP contribution in [0.5, 0.6) is 0 Å². The third-order valence-corrected chi connectivity index (χ3v) is 8.18. The van der Waals surface area contributed by atoms with Gasteiger partial charge in [-0.3, -0.25) is 14.4 Å². The number of thiazole rings is 2. The van der Waals surface area contributed by atoms with Crippen molar-refractivity contribution in [1.29, 1.82) is 0 Å². The van der Waals surface area contributed by atoms with E-state index in [2.05, 4.69) is 30.9 Å². The fourth-order valence-corrected chi connectivity index (χ4v) is 5.74. The average molecular weight is 539 g/mol. The van der Waals surface area contributed by atoms with Crippen LogP contribution in [-0.2, 0) is 16.0 Å². The number of nitrogens with one attached hydrogen (secondary N) is 3. The quantitative estimate of drug-likeness (QED) is 0.459. The van der Waals surface area contributed by atoms with E-state index in [9.17, 15) is 14.4 Å². The first-order valence-electron chi connectivity index (χ1n) is 11.9. The van der Waals surface area contributed by atoms with Crippen LogP contribution < -0.4 is 16.0 Å². The van der Waals surface area contributed by atoms with Gasteiger partial charge in [0.05, 0.1) is 12.1 Å². The van der Waals surface area contributed by atoms with E-state index in [4.69, 9.17) is 4.74 Å². The molecule has 5 unspecified atom stereocenters. The molecule has 0 aliphatic carbocycles. The molecule has 4 heterocycles. The van der Waals surface area contributed by atoms with Crippen molar-refractivity contribution in [3.63, 3.8) is 0 Å². The van der Waals surface area contributed by atoms with Crippen molar-refractivity contribution in [2.24, 2.45) is 4.99 Å². The third kappa shape index (κ3) is 5.39. The van der Waals surface area contributed by atoms with Crippen molar-refractivity contribution in [3.8, 4) is 0 Å². The molecule has 2 aliphatic heterocycles. The Kier molecular flexibility index (Phi) is 7.02. The van der Waals surface area contributed by atoms with Crippen molar-refractivity contribution in [2.75, 3.05) is 0 Å². The second-order valence-electron chi connectivity index (χ2n) is 9.02. The molecule has 37 heavy (non-hydrogen) atoms. The first-order valence-corrected chi connectivity index (χ1v) is 13.7. The first-order chi connectivity index (χ1) is 17.8. The van der Waals surface area contributed by atoms with Gasteiger partial charge in [0.25, 0.3) is 11.8 Å². The number of carbonyl (C=O) groups excluding carboxylic acids is 3. The fourth-order valence-electron chi connectivity index (χ4n) is 4.13. The molecule has 0 radical (unpaired) electrons. The van der Waals surface area contributed by atoms with E-state index >= 15 is 0 Å². The maximum Gasteiger partial charge on any atom is 0.271 e. The van der Waals surface area contributed by atoms with E-state index in [-0.39, 0.29) is 23.2 Å². The van der Waals surface area contributed by atoms with Crippen molar-refractivity contribution in [1.82, 2.24) is 25.9 Å². The van der Waals surface area contributed by atoms with Crippen LogP contribution in [0, 0.1) is 0 Å². The summed E-state index contributed by atoms with van der Waals surface area (Å²) in [6, 6.07) is 7.42. The molecule has 0 saturated heterocycles. The lowest BCUT2D eigenvalue weighted by atomic mass is 10.1. The monoisotopic (exact) mass is 538 g/mol. The molecule has 2 aromatic heterocycles. The number of aliphatic imine (C=N–C) groups is 1. The minimum Gasteiger partial charge on any atom is -0.474 e. The molecule has 3 aromatic rings. The maximum absolute atomic E-state index is 13.2. The summed E-state index contributed by atoms with van der Waals surface area (Å²) in [5.41, 5.74) is 1.46. The minimum absolute atomic E-state index is 0.228. The van der Waals surface area contributed by atoms with E-state index in [1.54, 1.807) is 31.5 Å². The van der Waals surface area contributed by atoms with Gasteiger partial charge in [0.1, 0.15) is 33.5 Å². The Morgan fingerprint density at radius 2 is 1.43 bits per heavy atom. The SMILES string of the molecule is CC1NC(=O)c2csc(n2)C(C)NC(=O)C2N=C(OC2C)C(Cc2ccccc2)NC(=O)c2csc1n2. The molecular weight excluding hydrogens is 512 g/mol. The van der Waals surface area contributed by atoms with Gasteiger partial charge in [-0.15, -0.1) is 22.7 Å². The lowest BCUT2D eigenvalue weighted by Crippen LogP contribution is -2.43. The molecule has 12 heteroatoms. The number of benzene rings is 1. The standard InChI is InChI=1S/C25H26N6O4S2/c1-12-24-30-18(11-37-24)21(33)28-16(9-15-7-5-4-6-8-15)23-31-19(14(3)35-23)22(34)27-13(2)25-29-17(10-36-25)20(32)26-12/h4-8,10-14,16,19H,9H2,1-3H3,(H,26,32)(H,27,34)(H,28,33). The summed E-state index contributed by atoms with van der Waals surface area (Å²) in [4.78, 5) is 52.6. The Bertz CT molecular complexity index is 1350. The number of hydrogen-bond donors (Lipinski definition) is 3. The molecular formula is C25H26N6O4S2. The summed E-state index contributed by atoms with van der Waals surface area (Å²) in [6.07, 6.45) is -0.0994. The normalized spacial score (nSPS) is 26.2. The zero-order valence-corrected chi connectivity index (χ0v) is 22.1. The number of ether oxygens (including phenoxy) is 1. The molecule has 10 nitrogen and oxygen atoms in total. The van der Waals surface area contributed by atoms with E-state index in [0.717, 1.165) is 5.56 Å². The number of rotatable bonds is 2. The number of aromatic nitrogens is 2. The predicted molar refractivity (Wildman–Crippen MR) is 140 cm³/mol. The van der Waals surface area contributed by atoms with Gasteiger partial charge in [0.2, 0.25) is 11.8 Å². The number of hydrogen-bond acceptors (Lipinski definition) is 9. The molecule has 0 fully saturated rings. The van der Waals surface area contributed by atoms with Gasteiger partial charge in [0, 0.05) is 17.2 Å². The van der Waals surface area contributed by atoms with Gasteiger partial charge in [0.15, 0.2) is 6.04 Å². The Morgan fingerprint density at radius 1 is 0.838 bits per heavy atom. The van der Waals surface area contributed by atoms with Crippen molar-refractivity contribution in [2.45, 2.75) is 57.5 Å². The lowest BCUT2D eigenvalue weighted by Gasteiger charge is -2.19. The third-order valence-electron chi connectivity index (χ3n) is 6.13. The molecule has 2 aliphatic rings. The highest BCUT2D eigenvalue weighted by Crippen LogP contribution is 2.24. The van der Waals surface area contributed by atoms with Crippen molar-refractivity contribution in [3.05, 3.63) is 68.1 Å². The minimum atomic E-state index is -0.791. The lowest BCUT2D eigenvalue weighted by molar-refractivity contribution is -0.124. The van der Waals surface area contributed by atoms with Gasteiger partial charge >= 0.3 is 0 Å². The first kappa shape index (κ1) is 25.0. The van der Waals surface area contributed by atoms with E-state index in [1.807, 2.05) is 30.3 Å². The molecule has 1 aromatic carbocycles. The van der Waals surface area contributed by atoms with Gasteiger partial charge in [-0.2, -0.15) is 0 Å². The van der Waals surface area contributed by atoms with Crippen LogP contribution in [0.1, 0.15) is 69.4 Å². The predicted octanol–water partition coefficient (Wildman–Crippen LogP) is 2.81. The summed E-state index contributed by atoms with van der Waals surface area (Å²) in [7, 11) is 0. The highest BCUT2D eigenvalue weighted by molar-refractivity contribution is 7.10. The summed E-state index contributed by atoms with van der Waals surface area (Å²) in [5.74, 6) is -0.773. The molecule has 0 saturated carbocycles. The van der Waals surface area contributed by atoms with Crippen molar-refractivity contribution < 1.29 is 19.1 Å². The van der Waals surface area contributed by atoms with Gasteiger partial charge in [-0.25, -0.2) is 15.0 Å². The highest BCUT2D eigenvalue weighted by atomic mass is 32.1.